The zero-order valence-electron chi connectivity index (χ0n) is 17.8. The van der Waals surface area contributed by atoms with Gasteiger partial charge in [0.25, 0.3) is 0 Å². The van der Waals surface area contributed by atoms with E-state index in [4.69, 9.17) is 0 Å². The van der Waals surface area contributed by atoms with Gasteiger partial charge in [0.2, 0.25) is 16.9 Å². The molecule has 2 N–H and O–H groups in total. The summed E-state index contributed by atoms with van der Waals surface area (Å²) in [5.74, 6) is -0.286. The molecule has 158 valence electrons. The molecule has 0 aliphatic heterocycles. The SMILES string of the molecule is CCCCCCC(=O)N[C@H](C(=O)Nc1nnc(-c2ccc(C)cc2)s1)[C@@H](C)CC. The number of aromatic nitrogens is 2. The number of rotatable bonds is 11. The maximum absolute atomic E-state index is 12.8. The molecule has 2 amide bonds. The molecule has 1 heterocycles. The van der Waals surface area contributed by atoms with E-state index in [1.54, 1.807) is 0 Å². The van der Waals surface area contributed by atoms with Crippen LogP contribution in [0.3, 0.4) is 0 Å². The van der Waals surface area contributed by atoms with E-state index in [0.29, 0.717) is 11.6 Å². The predicted octanol–water partition coefficient (Wildman–Crippen LogP) is 4.95. The fraction of sp³-hybridized carbons (Fsp3) is 0.545. The average Bonchev–Trinajstić information content (AvgIpc) is 3.17. The summed E-state index contributed by atoms with van der Waals surface area (Å²) in [6, 6.07) is 7.43. The molecular weight excluding hydrogens is 384 g/mol. The van der Waals surface area contributed by atoms with E-state index >= 15 is 0 Å². The van der Waals surface area contributed by atoms with E-state index in [1.807, 2.05) is 45.0 Å². The molecule has 2 atom stereocenters. The molecule has 0 bridgehead atoms. The molecule has 29 heavy (non-hydrogen) atoms. The Balaban J connectivity index is 1.99. The molecule has 7 heteroatoms. The normalized spacial score (nSPS) is 13.0. The van der Waals surface area contributed by atoms with Crippen LogP contribution in [-0.4, -0.2) is 28.1 Å². The van der Waals surface area contributed by atoms with E-state index in [1.165, 1.54) is 16.9 Å². The van der Waals surface area contributed by atoms with Gasteiger partial charge >= 0.3 is 0 Å². The minimum atomic E-state index is -0.578. The van der Waals surface area contributed by atoms with E-state index in [9.17, 15) is 9.59 Å². The molecule has 0 spiro atoms. The molecule has 6 nitrogen and oxygen atoms in total. The lowest BCUT2D eigenvalue weighted by molar-refractivity contribution is -0.127. The number of carbonyl (C=O) groups is 2. The quantitative estimate of drug-likeness (QED) is 0.508. The third-order valence-electron chi connectivity index (χ3n) is 5.02. The van der Waals surface area contributed by atoms with Crippen LogP contribution in [0.25, 0.3) is 10.6 Å². The van der Waals surface area contributed by atoms with Gasteiger partial charge in [-0.1, -0.05) is 87.6 Å². The molecule has 0 saturated heterocycles. The summed E-state index contributed by atoms with van der Waals surface area (Å²) >= 11 is 1.33. The summed E-state index contributed by atoms with van der Waals surface area (Å²) in [5, 5.41) is 15.2. The second-order valence-electron chi connectivity index (χ2n) is 7.51. The molecule has 0 unspecified atom stereocenters. The van der Waals surface area contributed by atoms with Crippen molar-refractivity contribution in [2.45, 2.75) is 72.3 Å². The van der Waals surface area contributed by atoms with Crippen LogP contribution in [0, 0.1) is 12.8 Å². The number of amides is 2. The smallest absolute Gasteiger partial charge is 0.249 e. The number of benzene rings is 1. The first-order chi connectivity index (χ1) is 13.9. The van der Waals surface area contributed by atoms with Crippen LogP contribution in [0.4, 0.5) is 5.13 Å². The van der Waals surface area contributed by atoms with Crippen molar-refractivity contribution in [2.24, 2.45) is 5.92 Å². The Bertz CT molecular complexity index is 788. The summed E-state index contributed by atoms with van der Waals surface area (Å²) in [6.45, 7) is 8.15. The highest BCUT2D eigenvalue weighted by Crippen LogP contribution is 2.26. The highest BCUT2D eigenvalue weighted by Gasteiger charge is 2.26. The standard InChI is InChI=1S/C22H32N4O2S/c1-5-7-8-9-10-18(27)23-19(16(4)6-2)20(28)24-22-26-25-21(29-22)17-13-11-15(3)12-14-17/h11-14,16,19H,5-10H2,1-4H3,(H,23,27)(H,24,26,28)/t16-,19-/m0/s1. The van der Waals surface area contributed by atoms with Gasteiger partial charge < -0.3 is 5.32 Å². The number of nitrogens with one attached hydrogen (secondary N) is 2. The largest absolute Gasteiger partial charge is 0.344 e. The van der Waals surface area contributed by atoms with Gasteiger partial charge in [-0.3, -0.25) is 14.9 Å². The van der Waals surface area contributed by atoms with Crippen LogP contribution in [0.2, 0.25) is 0 Å². The summed E-state index contributed by atoms with van der Waals surface area (Å²) in [4.78, 5) is 25.1. The fourth-order valence-corrected chi connectivity index (χ4v) is 3.68. The van der Waals surface area contributed by atoms with E-state index < -0.39 is 6.04 Å². The van der Waals surface area contributed by atoms with Gasteiger partial charge in [-0.2, -0.15) is 0 Å². The Morgan fingerprint density at radius 1 is 1.07 bits per heavy atom. The molecule has 1 aromatic carbocycles. The number of hydrogen-bond acceptors (Lipinski definition) is 5. The van der Waals surface area contributed by atoms with Crippen LogP contribution < -0.4 is 10.6 Å². The summed E-state index contributed by atoms with van der Waals surface area (Å²) < 4.78 is 0. The number of nitrogens with zero attached hydrogens (tertiary/aromatic N) is 2. The third kappa shape index (κ3) is 7.24. The molecule has 0 fully saturated rings. The van der Waals surface area contributed by atoms with E-state index in [2.05, 4.69) is 27.8 Å². The summed E-state index contributed by atoms with van der Waals surface area (Å²) in [5.41, 5.74) is 2.14. The van der Waals surface area contributed by atoms with Crippen LogP contribution >= 0.6 is 11.3 Å². The first kappa shape index (κ1) is 23.0. The van der Waals surface area contributed by atoms with Crippen LogP contribution in [0.15, 0.2) is 24.3 Å². The Morgan fingerprint density at radius 3 is 2.45 bits per heavy atom. The van der Waals surface area contributed by atoms with Crippen LogP contribution in [0.5, 0.6) is 0 Å². The summed E-state index contributed by atoms with van der Waals surface area (Å²) in [7, 11) is 0. The molecule has 0 aliphatic carbocycles. The van der Waals surface area contributed by atoms with Gasteiger partial charge in [0.1, 0.15) is 11.0 Å². The number of aryl methyl sites for hydroxylation is 1. The maximum atomic E-state index is 12.8. The van der Waals surface area contributed by atoms with Crippen molar-refractivity contribution >= 4 is 28.3 Å². The lowest BCUT2D eigenvalue weighted by atomic mass is 9.98. The summed E-state index contributed by atoms with van der Waals surface area (Å²) in [6.07, 6.45) is 5.39. The molecule has 0 radical (unpaired) electrons. The predicted molar refractivity (Wildman–Crippen MR) is 119 cm³/mol. The number of hydrogen-bond donors (Lipinski definition) is 2. The molecule has 1 aromatic heterocycles. The Morgan fingerprint density at radius 2 is 1.79 bits per heavy atom. The van der Waals surface area contributed by atoms with Crippen LogP contribution in [0.1, 0.15) is 64.9 Å². The number of anilines is 1. The minimum Gasteiger partial charge on any atom is -0.344 e. The number of unbranched alkanes of at least 4 members (excludes halogenated alkanes) is 3. The van der Waals surface area contributed by atoms with Crippen molar-refractivity contribution in [1.29, 1.82) is 0 Å². The van der Waals surface area contributed by atoms with Crippen molar-refractivity contribution < 1.29 is 9.59 Å². The maximum Gasteiger partial charge on any atom is 0.249 e. The molecule has 2 aromatic rings. The van der Waals surface area contributed by atoms with Gasteiger partial charge in [-0.25, -0.2) is 0 Å². The van der Waals surface area contributed by atoms with Crippen LogP contribution in [-0.2, 0) is 9.59 Å². The Hall–Kier alpha value is -2.28. The number of carbonyl (C=O) groups excluding carboxylic acids is 2. The monoisotopic (exact) mass is 416 g/mol. The van der Waals surface area contributed by atoms with Gasteiger partial charge in [-0.05, 0) is 19.3 Å². The van der Waals surface area contributed by atoms with E-state index in [-0.39, 0.29) is 17.7 Å². The third-order valence-corrected chi connectivity index (χ3v) is 5.91. The highest BCUT2D eigenvalue weighted by molar-refractivity contribution is 7.18. The van der Waals surface area contributed by atoms with Crippen molar-refractivity contribution in [2.75, 3.05) is 5.32 Å². The van der Waals surface area contributed by atoms with Gasteiger partial charge in [0.15, 0.2) is 0 Å². The molecular formula is C22H32N4O2S. The van der Waals surface area contributed by atoms with Crippen molar-refractivity contribution in [3.05, 3.63) is 29.8 Å². The fourth-order valence-electron chi connectivity index (χ4n) is 2.93. The van der Waals surface area contributed by atoms with Crippen molar-refractivity contribution in [3.8, 4) is 10.6 Å². The van der Waals surface area contributed by atoms with Crippen molar-refractivity contribution in [1.82, 2.24) is 15.5 Å². The lowest BCUT2D eigenvalue weighted by Crippen LogP contribution is -2.47. The van der Waals surface area contributed by atoms with Gasteiger partial charge in [0.05, 0.1) is 0 Å². The first-order valence-corrected chi connectivity index (χ1v) is 11.3. The van der Waals surface area contributed by atoms with Gasteiger partial charge in [-0.15, -0.1) is 10.2 Å². The second kappa shape index (κ2) is 11.7. The minimum absolute atomic E-state index is 0.0269. The Labute approximate surface area is 177 Å². The Kier molecular flexibility index (Phi) is 9.25. The lowest BCUT2D eigenvalue weighted by Gasteiger charge is -2.23. The first-order valence-electron chi connectivity index (χ1n) is 10.4. The topological polar surface area (TPSA) is 84.0 Å². The van der Waals surface area contributed by atoms with E-state index in [0.717, 1.165) is 42.7 Å². The average molecular weight is 417 g/mol. The molecule has 0 aliphatic rings. The molecule has 2 rings (SSSR count). The second-order valence-corrected chi connectivity index (χ2v) is 8.49. The highest BCUT2D eigenvalue weighted by atomic mass is 32.1. The van der Waals surface area contributed by atoms with Crippen molar-refractivity contribution in [3.63, 3.8) is 0 Å². The zero-order chi connectivity index (χ0) is 21.2. The molecule has 0 saturated carbocycles. The zero-order valence-corrected chi connectivity index (χ0v) is 18.6. The van der Waals surface area contributed by atoms with Gasteiger partial charge in [0, 0.05) is 12.0 Å².